The van der Waals surface area contributed by atoms with Gasteiger partial charge in [0.05, 0.1) is 0 Å². The quantitative estimate of drug-likeness (QED) is 0.554. The molecule has 0 radical (unpaired) electrons. The summed E-state index contributed by atoms with van der Waals surface area (Å²) in [6.45, 7) is 4.33. The van der Waals surface area contributed by atoms with Crippen molar-refractivity contribution in [2.24, 2.45) is 0 Å². The Morgan fingerprint density at radius 1 is 0.926 bits per heavy atom. The third-order valence-electron chi connectivity index (χ3n) is 4.69. The summed E-state index contributed by atoms with van der Waals surface area (Å²) >= 11 is 1.72. The summed E-state index contributed by atoms with van der Waals surface area (Å²) in [4.78, 5) is 18.0. The van der Waals surface area contributed by atoms with Crippen LogP contribution in [0.1, 0.15) is 11.1 Å². The van der Waals surface area contributed by atoms with Crippen LogP contribution in [-0.2, 0) is 4.79 Å². The Hall–Kier alpha value is -2.30. The number of rotatable bonds is 6. The maximum Gasteiger partial charge on any atom is 0.246 e. The van der Waals surface area contributed by atoms with E-state index in [2.05, 4.69) is 59.7 Å². The molecule has 1 saturated heterocycles. The number of hydrogen-bond acceptors (Lipinski definition) is 3. The number of carbonyl (C=O) groups excluding carboxylic acids is 1. The van der Waals surface area contributed by atoms with E-state index in [4.69, 9.17) is 0 Å². The van der Waals surface area contributed by atoms with Crippen LogP contribution in [0.3, 0.4) is 0 Å². The van der Waals surface area contributed by atoms with Gasteiger partial charge in [-0.05, 0) is 35.6 Å². The first kappa shape index (κ1) is 19.5. The molecule has 1 fully saturated rings. The van der Waals surface area contributed by atoms with E-state index >= 15 is 0 Å². The average molecular weight is 379 g/mol. The van der Waals surface area contributed by atoms with E-state index in [9.17, 15) is 4.79 Å². The molecular weight excluding hydrogens is 352 g/mol. The smallest absolute Gasteiger partial charge is 0.246 e. The summed E-state index contributed by atoms with van der Waals surface area (Å²) in [6, 6.07) is 18.6. The van der Waals surface area contributed by atoms with Crippen LogP contribution in [0.5, 0.6) is 0 Å². The molecule has 2 aromatic carbocycles. The van der Waals surface area contributed by atoms with Gasteiger partial charge >= 0.3 is 0 Å². The van der Waals surface area contributed by atoms with E-state index in [0.717, 1.165) is 38.3 Å². The van der Waals surface area contributed by atoms with Gasteiger partial charge < -0.3 is 4.90 Å². The third kappa shape index (κ3) is 6.12. The zero-order valence-corrected chi connectivity index (χ0v) is 16.6. The number of amides is 1. The Bertz CT molecular complexity index is 776. The van der Waals surface area contributed by atoms with Crippen LogP contribution in [0.4, 0.5) is 0 Å². The van der Waals surface area contributed by atoms with Crippen molar-refractivity contribution in [1.82, 2.24) is 9.80 Å². The molecule has 2 aromatic rings. The van der Waals surface area contributed by atoms with Crippen LogP contribution < -0.4 is 0 Å². The zero-order valence-electron chi connectivity index (χ0n) is 15.8. The van der Waals surface area contributed by atoms with Gasteiger partial charge in [-0.3, -0.25) is 9.69 Å². The molecule has 0 aliphatic carbocycles. The standard InChI is InChI=1S/C23H26N2OS/c1-27-22-12-9-21(10-13-22)11-14-23(26)25-18-16-24(17-19-25)15-5-8-20-6-3-2-4-7-20/h2-14H,15-19H2,1H3/b8-5+,14-11+. The Kier molecular flexibility index (Phi) is 7.31. The third-order valence-corrected chi connectivity index (χ3v) is 5.44. The number of benzene rings is 2. The molecule has 0 saturated carbocycles. The minimum absolute atomic E-state index is 0.100. The molecule has 0 bridgehead atoms. The van der Waals surface area contributed by atoms with Crippen molar-refractivity contribution in [2.45, 2.75) is 4.90 Å². The first-order chi connectivity index (χ1) is 13.2. The van der Waals surface area contributed by atoms with Crippen LogP contribution in [0.2, 0.25) is 0 Å². The van der Waals surface area contributed by atoms with Gasteiger partial charge in [0.1, 0.15) is 0 Å². The van der Waals surface area contributed by atoms with Crippen LogP contribution >= 0.6 is 11.8 Å². The molecule has 27 heavy (non-hydrogen) atoms. The van der Waals surface area contributed by atoms with Crippen molar-refractivity contribution in [2.75, 3.05) is 39.0 Å². The van der Waals surface area contributed by atoms with Gasteiger partial charge in [0.2, 0.25) is 5.91 Å². The maximum absolute atomic E-state index is 12.4. The Balaban J connectivity index is 1.43. The highest BCUT2D eigenvalue weighted by Crippen LogP contribution is 2.15. The van der Waals surface area contributed by atoms with E-state index in [1.165, 1.54) is 10.5 Å². The molecule has 4 heteroatoms. The van der Waals surface area contributed by atoms with E-state index in [0.29, 0.717) is 0 Å². The minimum atomic E-state index is 0.100. The molecule has 0 spiro atoms. The molecule has 1 amide bonds. The highest BCUT2D eigenvalue weighted by atomic mass is 32.2. The second kappa shape index (κ2) is 10.1. The molecule has 3 rings (SSSR count). The lowest BCUT2D eigenvalue weighted by atomic mass is 10.2. The fourth-order valence-corrected chi connectivity index (χ4v) is 3.45. The number of carbonyl (C=O) groups is 1. The highest BCUT2D eigenvalue weighted by Gasteiger charge is 2.18. The summed E-state index contributed by atoms with van der Waals surface area (Å²) in [7, 11) is 0. The summed E-state index contributed by atoms with van der Waals surface area (Å²) < 4.78 is 0. The molecule has 0 atom stereocenters. The first-order valence-electron chi connectivity index (χ1n) is 9.29. The Labute approximate surface area is 166 Å². The second-order valence-corrected chi connectivity index (χ2v) is 7.43. The molecule has 1 aliphatic rings. The van der Waals surface area contributed by atoms with Crippen molar-refractivity contribution in [3.05, 3.63) is 77.9 Å². The fraction of sp³-hybridized carbons (Fsp3) is 0.261. The number of hydrogen-bond donors (Lipinski definition) is 0. The predicted octanol–water partition coefficient (Wildman–Crippen LogP) is 4.28. The highest BCUT2D eigenvalue weighted by molar-refractivity contribution is 7.98. The van der Waals surface area contributed by atoms with Gasteiger partial charge in [0.15, 0.2) is 0 Å². The van der Waals surface area contributed by atoms with Crippen LogP contribution in [-0.4, -0.2) is 54.7 Å². The van der Waals surface area contributed by atoms with Gasteiger partial charge in [-0.1, -0.05) is 54.6 Å². The zero-order chi connectivity index (χ0) is 18.9. The molecule has 0 aromatic heterocycles. The van der Waals surface area contributed by atoms with Gasteiger partial charge in [0.25, 0.3) is 0 Å². The van der Waals surface area contributed by atoms with Gasteiger partial charge in [-0.2, -0.15) is 0 Å². The molecular formula is C23H26N2OS. The Morgan fingerprint density at radius 2 is 1.59 bits per heavy atom. The van der Waals surface area contributed by atoms with E-state index in [1.54, 1.807) is 17.8 Å². The molecule has 0 N–H and O–H groups in total. The number of piperazine rings is 1. The molecule has 1 heterocycles. The summed E-state index contributed by atoms with van der Waals surface area (Å²) in [6.07, 6.45) is 10.0. The fourth-order valence-electron chi connectivity index (χ4n) is 3.04. The van der Waals surface area contributed by atoms with Gasteiger partial charge in [-0.25, -0.2) is 0 Å². The summed E-state index contributed by atoms with van der Waals surface area (Å²) in [5.74, 6) is 0.100. The van der Waals surface area contributed by atoms with Crippen molar-refractivity contribution in [1.29, 1.82) is 0 Å². The first-order valence-corrected chi connectivity index (χ1v) is 10.5. The molecule has 1 aliphatic heterocycles. The summed E-state index contributed by atoms with van der Waals surface area (Å²) in [5, 5.41) is 0. The topological polar surface area (TPSA) is 23.6 Å². The van der Waals surface area contributed by atoms with Crippen molar-refractivity contribution in [3.63, 3.8) is 0 Å². The Morgan fingerprint density at radius 3 is 2.26 bits per heavy atom. The lowest BCUT2D eigenvalue weighted by molar-refractivity contribution is -0.127. The lowest BCUT2D eigenvalue weighted by Gasteiger charge is -2.33. The van der Waals surface area contributed by atoms with Crippen LogP contribution in [0, 0.1) is 0 Å². The number of thioether (sulfide) groups is 1. The summed E-state index contributed by atoms with van der Waals surface area (Å²) in [5.41, 5.74) is 2.29. The van der Waals surface area contributed by atoms with E-state index in [-0.39, 0.29) is 5.91 Å². The average Bonchev–Trinajstić information content (AvgIpc) is 2.73. The SMILES string of the molecule is CSc1ccc(/C=C/C(=O)N2CCN(C/C=C/c3ccccc3)CC2)cc1. The normalized spacial score (nSPS) is 15.7. The van der Waals surface area contributed by atoms with E-state index in [1.807, 2.05) is 29.2 Å². The van der Waals surface area contributed by atoms with Crippen molar-refractivity contribution >= 4 is 29.8 Å². The molecule has 140 valence electrons. The van der Waals surface area contributed by atoms with Gasteiger partial charge in [-0.15, -0.1) is 11.8 Å². The molecule has 3 nitrogen and oxygen atoms in total. The van der Waals surface area contributed by atoms with Crippen molar-refractivity contribution < 1.29 is 4.79 Å². The van der Waals surface area contributed by atoms with E-state index < -0.39 is 0 Å². The largest absolute Gasteiger partial charge is 0.337 e. The van der Waals surface area contributed by atoms with Crippen molar-refractivity contribution in [3.8, 4) is 0 Å². The lowest BCUT2D eigenvalue weighted by Crippen LogP contribution is -2.48. The molecule has 0 unspecified atom stereocenters. The second-order valence-electron chi connectivity index (χ2n) is 6.55. The predicted molar refractivity (Wildman–Crippen MR) is 116 cm³/mol. The minimum Gasteiger partial charge on any atom is -0.337 e. The van der Waals surface area contributed by atoms with Gasteiger partial charge in [0, 0.05) is 43.7 Å². The maximum atomic E-state index is 12.4. The monoisotopic (exact) mass is 378 g/mol. The van der Waals surface area contributed by atoms with Crippen LogP contribution in [0.25, 0.3) is 12.2 Å². The number of nitrogens with zero attached hydrogens (tertiary/aromatic N) is 2. The van der Waals surface area contributed by atoms with Crippen LogP contribution in [0.15, 0.2) is 71.6 Å².